The summed E-state index contributed by atoms with van der Waals surface area (Å²) in [7, 11) is 0. The molecule has 1 aromatic heterocycles. The van der Waals surface area contributed by atoms with Crippen LogP contribution in [0.5, 0.6) is 0 Å². The van der Waals surface area contributed by atoms with Crippen LogP contribution in [0.1, 0.15) is 10.4 Å². The van der Waals surface area contributed by atoms with Gasteiger partial charge in [-0.2, -0.15) is 0 Å². The molecule has 0 saturated heterocycles. The third kappa shape index (κ3) is 1.06. The van der Waals surface area contributed by atoms with Crippen LogP contribution in [-0.4, -0.2) is 11.2 Å². The Morgan fingerprint density at radius 3 is 2.79 bits per heavy atom. The van der Waals surface area contributed by atoms with Crippen molar-refractivity contribution in [3.63, 3.8) is 0 Å². The molecule has 0 N–H and O–H groups in total. The van der Waals surface area contributed by atoms with Crippen molar-refractivity contribution in [1.82, 2.24) is 0 Å². The number of carbonyl (C=O) groups is 1. The minimum Gasteiger partial charge on any atom is -0.457 e. The number of non-ortho nitro benzene ring substituents is 1. The van der Waals surface area contributed by atoms with E-state index in [1.165, 1.54) is 24.5 Å². The Hall–Kier alpha value is -2.17. The molecule has 5 heteroatoms. The van der Waals surface area contributed by atoms with E-state index in [0.29, 0.717) is 17.2 Å². The van der Waals surface area contributed by atoms with E-state index in [1.807, 2.05) is 0 Å². The number of hydrogen-bond donors (Lipinski definition) is 0. The van der Waals surface area contributed by atoms with Crippen LogP contribution >= 0.6 is 0 Å². The normalized spacial score (nSPS) is 10.3. The largest absolute Gasteiger partial charge is 0.457 e. The van der Waals surface area contributed by atoms with Crippen LogP contribution in [0.15, 0.2) is 28.9 Å². The van der Waals surface area contributed by atoms with Gasteiger partial charge in [-0.25, -0.2) is 0 Å². The number of carbonyl (C=O) groups excluding carboxylic acids is 1. The molecule has 0 amide bonds. The molecule has 1 aromatic carbocycles. The van der Waals surface area contributed by atoms with Gasteiger partial charge in [0.25, 0.3) is 0 Å². The summed E-state index contributed by atoms with van der Waals surface area (Å²) in [5.41, 5.74) is 0.398. The Morgan fingerprint density at radius 2 is 2.14 bits per heavy atom. The number of hydrogen-bond acceptors (Lipinski definition) is 4. The van der Waals surface area contributed by atoms with Gasteiger partial charge in [-0.05, 0) is 12.1 Å². The number of rotatable bonds is 2. The number of benzene rings is 1. The van der Waals surface area contributed by atoms with Crippen LogP contribution in [0.2, 0.25) is 0 Å². The summed E-state index contributed by atoms with van der Waals surface area (Å²) in [6.45, 7) is 0. The van der Waals surface area contributed by atoms with Crippen LogP contribution in [0.4, 0.5) is 5.69 Å². The molecule has 1 heterocycles. The molecule has 0 saturated carbocycles. The SMILES string of the molecule is O=Cc1ccc([N+](=O)[O-])c2occc12. The third-order valence-electron chi connectivity index (χ3n) is 1.95. The number of aldehydes is 1. The molecule has 0 fully saturated rings. The molecule has 14 heavy (non-hydrogen) atoms. The summed E-state index contributed by atoms with van der Waals surface area (Å²) in [5, 5.41) is 11.0. The Labute approximate surface area is 78.1 Å². The number of furan rings is 1. The van der Waals surface area contributed by atoms with Gasteiger partial charge in [-0.15, -0.1) is 0 Å². The molecular formula is C9H5NO4. The molecule has 0 radical (unpaired) electrons. The van der Waals surface area contributed by atoms with E-state index < -0.39 is 4.92 Å². The van der Waals surface area contributed by atoms with Gasteiger partial charge in [0.1, 0.15) is 0 Å². The van der Waals surface area contributed by atoms with Gasteiger partial charge in [0.15, 0.2) is 6.29 Å². The van der Waals surface area contributed by atoms with Gasteiger partial charge in [0.2, 0.25) is 5.58 Å². The summed E-state index contributed by atoms with van der Waals surface area (Å²) in [6, 6.07) is 4.20. The van der Waals surface area contributed by atoms with Gasteiger partial charge < -0.3 is 4.42 Å². The lowest BCUT2D eigenvalue weighted by Crippen LogP contribution is -1.90. The lowest BCUT2D eigenvalue weighted by atomic mass is 10.1. The smallest absolute Gasteiger partial charge is 0.312 e. The van der Waals surface area contributed by atoms with Gasteiger partial charge in [0, 0.05) is 17.0 Å². The minimum atomic E-state index is -0.541. The molecule has 0 aliphatic heterocycles. The standard InChI is InChI=1S/C9H5NO4/c11-5-6-1-2-8(10(12)13)9-7(6)3-4-14-9/h1-5H. The van der Waals surface area contributed by atoms with Crippen molar-refractivity contribution in [2.24, 2.45) is 0 Å². The van der Waals surface area contributed by atoms with Crippen LogP contribution in [-0.2, 0) is 0 Å². The van der Waals surface area contributed by atoms with Gasteiger partial charge in [-0.3, -0.25) is 14.9 Å². The topological polar surface area (TPSA) is 73.3 Å². The van der Waals surface area contributed by atoms with Crippen LogP contribution in [0.3, 0.4) is 0 Å². The first kappa shape index (κ1) is 8.43. The third-order valence-corrected chi connectivity index (χ3v) is 1.95. The fourth-order valence-electron chi connectivity index (χ4n) is 1.32. The quantitative estimate of drug-likeness (QED) is 0.414. The van der Waals surface area contributed by atoms with Crippen molar-refractivity contribution in [2.75, 3.05) is 0 Å². The summed E-state index contributed by atoms with van der Waals surface area (Å²) < 4.78 is 4.95. The highest BCUT2D eigenvalue weighted by Crippen LogP contribution is 2.28. The first-order valence-electron chi connectivity index (χ1n) is 3.84. The summed E-state index contributed by atoms with van der Waals surface area (Å²) in [5.74, 6) is 0. The van der Waals surface area contributed by atoms with Gasteiger partial charge in [0.05, 0.1) is 11.2 Å². The lowest BCUT2D eigenvalue weighted by Gasteiger charge is -1.94. The van der Waals surface area contributed by atoms with Crippen molar-refractivity contribution in [3.8, 4) is 0 Å². The van der Waals surface area contributed by atoms with Crippen molar-refractivity contribution >= 4 is 22.9 Å². The van der Waals surface area contributed by atoms with Crippen LogP contribution in [0, 0.1) is 10.1 Å². The summed E-state index contributed by atoms with van der Waals surface area (Å²) >= 11 is 0. The minimum absolute atomic E-state index is 0.129. The van der Waals surface area contributed by atoms with E-state index in [-0.39, 0.29) is 11.3 Å². The number of nitrogens with zero attached hydrogens (tertiary/aromatic N) is 1. The molecular weight excluding hydrogens is 186 g/mol. The number of nitro groups is 1. The fourth-order valence-corrected chi connectivity index (χ4v) is 1.32. The Bertz CT molecular complexity index is 515. The van der Waals surface area contributed by atoms with Crippen molar-refractivity contribution < 1.29 is 14.1 Å². The van der Waals surface area contributed by atoms with Crippen LogP contribution in [0.25, 0.3) is 11.0 Å². The highest BCUT2D eigenvalue weighted by Gasteiger charge is 2.16. The predicted molar refractivity (Wildman–Crippen MR) is 48.3 cm³/mol. The Balaban J connectivity index is 2.84. The van der Waals surface area contributed by atoms with E-state index in [0.717, 1.165) is 0 Å². The second kappa shape index (κ2) is 2.95. The van der Waals surface area contributed by atoms with Crippen molar-refractivity contribution in [3.05, 3.63) is 40.1 Å². The molecule has 0 atom stereocenters. The van der Waals surface area contributed by atoms with Crippen molar-refractivity contribution in [2.45, 2.75) is 0 Å². The molecule has 2 rings (SSSR count). The maximum atomic E-state index is 10.6. The Kier molecular flexibility index (Phi) is 1.78. The molecule has 0 bridgehead atoms. The zero-order valence-electron chi connectivity index (χ0n) is 6.97. The molecule has 0 unspecified atom stereocenters. The second-order valence-electron chi connectivity index (χ2n) is 2.71. The van der Waals surface area contributed by atoms with Gasteiger partial charge >= 0.3 is 5.69 Å². The number of nitro benzene ring substituents is 1. The monoisotopic (exact) mass is 191 g/mol. The van der Waals surface area contributed by atoms with E-state index in [2.05, 4.69) is 0 Å². The first-order chi connectivity index (χ1) is 6.74. The molecule has 0 spiro atoms. The predicted octanol–water partition coefficient (Wildman–Crippen LogP) is 2.15. The first-order valence-corrected chi connectivity index (χ1v) is 3.84. The van der Waals surface area contributed by atoms with Crippen molar-refractivity contribution in [1.29, 1.82) is 0 Å². The maximum Gasteiger partial charge on any atom is 0.312 e. The van der Waals surface area contributed by atoms with E-state index in [1.54, 1.807) is 0 Å². The summed E-state index contributed by atoms with van der Waals surface area (Å²) in [4.78, 5) is 20.6. The molecule has 70 valence electrons. The lowest BCUT2D eigenvalue weighted by molar-refractivity contribution is -0.383. The number of fused-ring (bicyclic) bond motifs is 1. The molecule has 0 aliphatic carbocycles. The highest BCUT2D eigenvalue weighted by atomic mass is 16.6. The van der Waals surface area contributed by atoms with Crippen LogP contribution < -0.4 is 0 Å². The second-order valence-corrected chi connectivity index (χ2v) is 2.71. The highest BCUT2D eigenvalue weighted by molar-refractivity contribution is 5.99. The maximum absolute atomic E-state index is 10.6. The average molecular weight is 191 g/mol. The zero-order chi connectivity index (χ0) is 10.1. The molecule has 5 nitrogen and oxygen atoms in total. The Morgan fingerprint density at radius 1 is 1.36 bits per heavy atom. The van der Waals surface area contributed by atoms with Gasteiger partial charge in [-0.1, -0.05) is 0 Å². The zero-order valence-corrected chi connectivity index (χ0v) is 6.97. The molecule has 2 aromatic rings. The summed E-state index contributed by atoms with van der Waals surface area (Å²) in [6.07, 6.45) is 1.96. The fraction of sp³-hybridized carbons (Fsp3) is 0. The van der Waals surface area contributed by atoms with E-state index in [4.69, 9.17) is 4.42 Å². The molecule has 0 aliphatic rings. The van der Waals surface area contributed by atoms with E-state index in [9.17, 15) is 14.9 Å². The average Bonchev–Trinajstić information content (AvgIpc) is 2.64. The van der Waals surface area contributed by atoms with E-state index >= 15 is 0 Å².